The number of carbonyl (C=O) groups excluding carboxylic acids is 2. The zero-order valence-corrected chi connectivity index (χ0v) is 16.5. The number of hydrogen-bond donors (Lipinski definition) is 0. The van der Waals surface area contributed by atoms with E-state index in [-0.39, 0.29) is 12.4 Å². The highest BCUT2D eigenvalue weighted by atomic mass is 16.5. The fraction of sp³-hybridized carbons (Fsp3) is 0.200. The van der Waals surface area contributed by atoms with E-state index in [9.17, 15) is 9.59 Å². The molecule has 0 atom stereocenters. The molecule has 0 saturated heterocycles. The Morgan fingerprint density at radius 1 is 0.800 bits per heavy atom. The highest BCUT2D eigenvalue weighted by Crippen LogP contribution is 2.31. The van der Waals surface area contributed by atoms with Crippen molar-refractivity contribution >= 4 is 11.8 Å². The molecule has 0 spiro atoms. The second-order valence-corrected chi connectivity index (χ2v) is 7.00. The molecule has 0 aliphatic carbocycles. The van der Waals surface area contributed by atoms with Crippen LogP contribution >= 0.6 is 0 Å². The summed E-state index contributed by atoms with van der Waals surface area (Å²) in [6.07, 6.45) is 0.788. The van der Waals surface area contributed by atoms with Gasteiger partial charge >= 0.3 is 5.97 Å². The Bertz CT molecular complexity index is 975. The first-order valence-corrected chi connectivity index (χ1v) is 9.92. The van der Waals surface area contributed by atoms with Crippen molar-refractivity contribution < 1.29 is 23.8 Å². The van der Waals surface area contributed by atoms with E-state index < -0.39 is 11.9 Å². The van der Waals surface area contributed by atoms with Crippen molar-refractivity contribution in [2.45, 2.75) is 12.3 Å². The Hall–Kier alpha value is -3.60. The molecule has 1 aliphatic rings. The topological polar surface area (TPSA) is 61.8 Å². The van der Waals surface area contributed by atoms with Crippen molar-refractivity contribution in [2.75, 3.05) is 19.8 Å². The van der Waals surface area contributed by atoms with Gasteiger partial charge in [-0.3, -0.25) is 9.59 Å². The summed E-state index contributed by atoms with van der Waals surface area (Å²) in [6, 6.07) is 23.8. The van der Waals surface area contributed by atoms with Gasteiger partial charge in [0.15, 0.2) is 23.9 Å². The molecule has 30 heavy (non-hydrogen) atoms. The maximum atomic E-state index is 12.9. The van der Waals surface area contributed by atoms with Crippen LogP contribution < -0.4 is 9.47 Å². The van der Waals surface area contributed by atoms with Crippen molar-refractivity contribution in [3.05, 3.63) is 95.6 Å². The maximum Gasteiger partial charge on any atom is 0.318 e. The lowest BCUT2D eigenvalue weighted by Gasteiger charge is -2.17. The summed E-state index contributed by atoms with van der Waals surface area (Å²) in [5, 5.41) is 0. The second kappa shape index (κ2) is 9.27. The molecule has 0 fully saturated rings. The van der Waals surface area contributed by atoms with Crippen LogP contribution in [-0.4, -0.2) is 31.6 Å². The predicted molar refractivity (Wildman–Crippen MR) is 112 cm³/mol. The van der Waals surface area contributed by atoms with Gasteiger partial charge in [0.25, 0.3) is 0 Å². The summed E-state index contributed by atoms with van der Waals surface area (Å²) in [5.74, 6) is -0.191. The van der Waals surface area contributed by atoms with Gasteiger partial charge in [-0.05, 0) is 29.3 Å². The van der Waals surface area contributed by atoms with Crippen molar-refractivity contribution in [1.29, 1.82) is 0 Å². The smallest absolute Gasteiger partial charge is 0.318 e. The van der Waals surface area contributed by atoms with Crippen molar-refractivity contribution in [2.24, 2.45) is 0 Å². The number of fused-ring (bicyclic) bond motifs is 1. The predicted octanol–water partition coefficient (Wildman–Crippen LogP) is 4.41. The van der Waals surface area contributed by atoms with Gasteiger partial charge in [-0.15, -0.1) is 0 Å². The van der Waals surface area contributed by atoms with Gasteiger partial charge in [0.2, 0.25) is 0 Å². The third-order valence-electron chi connectivity index (χ3n) is 4.92. The number of rotatable bonds is 6. The maximum absolute atomic E-state index is 12.9. The molecule has 1 aliphatic heterocycles. The van der Waals surface area contributed by atoms with Gasteiger partial charge in [0.05, 0.1) is 13.2 Å². The van der Waals surface area contributed by atoms with Crippen molar-refractivity contribution in [3.63, 3.8) is 0 Å². The summed E-state index contributed by atoms with van der Waals surface area (Å²) in [7, 11) is 0. The first-order chi connectivity index (χ1) is 14.7. The van der Waals surface area contributed by atoms with Crippen LogP contribution in [-0.2, 0) is 9.53 Å². The summed E-state index contributed by atoms with van der Waals surface area (Å²) < 4.78 is 16.7. The molecule has 152 valence electrons. The molecule has 0 bridgehead atoms. The van der Waals surface area contributed by atoms with Crippen LogP contribution in [0.5, 0.6) is 11.5 Å². The first kappa shape index (κ1) is 19.7. The van der Waals surface area contributed by atoms with Crippen LogP contribution in [0, 0.1) is 0 Å². The standard InChI is InChI=1S/C25H22O5/c26-21(20-12-13-22-23(16-20)29-15-7-14-28-22)17-30-25(27)24(18-8-3-1-4-9-18)19-10-5-2-6-11-19/h1-6,8-13,16,24H,7,14-15,17H2. The number of Topliss-reactive ketones (excluding diaryl/α,β-unsaturated/α-hetero) is 1. The molecule has 0 N–H and O–H groups in total. The fourth-order valence-corrected chi connectivity index (χ4v) is 3.40. The van der Waals surface area contributed by atoms with E-state index in [2.05, 4.69) is 0 Å². The lowest BCUT2D eigenvalue weighted by atomic mass is 9.91. The second-order valence-electron chi connectivity index (χ2n) is 7.00. The Labute approximate surface area is 175 Å². The summed E-state index contributed by atoms with van der Waals surface area (Å²) in [5.41, 5.74) is 2.05. The number of carbonyl (C=O) groups is 2. The minimum absolute atomic E-state index is 0.293. The van der Waals surface area contributed by atoms with Crippen LogP contribution in [0.4, 0.5) is 0 Å². The van der Waals surface area contributed by atoms with E-state index in [0.29, 0.717) is 30.3 Å². The number of ether oxygens (including phenoxy) is 3. The van der Waals surface area contributed by atoms with Crippen molar-refractivity contribution in [3.8, 4) is 11.5 Å². The third-order valence-corrected chi connectivity index (χ3v) is 4.92. The van der Waals surface area contributed by atoms with E-state index in [1.807, 2.05) is 60.7 Å². The average molecular weight is 402 g/mol. The Kier molecular flexibility index (Phi) is 6.09. The van der Waals surface area contributed by atoms with Gasteiger partial charge in [-0.25, -0.2) is 0 Å². The molecule has 3 aromatic carbocycles. The molecule has 0 amide bonds. The highest BCUT2D eigenvalue weighted by molar-refractivity contribution is 5.99. The Morgan fingerprint density at radius 3 is 2.03 bits per heavy atom. The van der Waals surface area contributed by atoms with Gasteiger partial charge in [0.1, 0.15) is 5.92 Å². The van der Waals surface area contributed by atoms with Gasteiger partial charge in [0, 0.05) is 12.0 Å². The van der Waals surface area contributed by atoms with E-state index in [4.69, 9.17) is 14.2 Å². The van der Waals surface area contributed by atoms with Crippen LogP contribution in [0.15, 0.2) is 78.9 Å². The normalized spacial score (nSPS) is 12.8. The molecule has 4 rings (SSSR count). The number of ketones is 1. The first-order valence-electron chi connectivity index (χ1n) is 9.92. The summed E-state index contributed by atoms with van der Waals surface area (Å²) >= 11 is 0. The van der Waals surface area contributed by atoms with E-state index in [1.165, 1.54) is 0 Å². The molecule has 0 radical (unpaired) electrons. The minimum Gasteiger partial charge on any atom is -0.490 e. The van der Waals surface area contributed by atoms with E-state index >= 15 is 0 Å². The largest absolute Gasteiger partial charge is 0.490 e. The van der Waals surface area contributed by atoms with Crippen molar-refractivity contribution in [1.82, 2.24) is 0 Å². The zero-order chi connectivity index (χ0) is 20.8. The molecule has 5 nitrogen and oxygen atoms in total. The molecule has 0 unspecified atom stereocenters. The Morgan fingerprint density at radius 2 is 1.40 bits per heavy atom. The van der Waals surface area contributed by atoms with E-state index in [1.54, 1.807) is 18.2 Å². The van der Waals surface area contributed by atoms with E-state index in [0.717, 1.165) is 17.5 Å². The molecule has 3 aromatic rings. The fourth-order valence-electron chi connectivity index (χ4n) is 3.40. The quantitative estimate of drug-likeness (QED) is 0.452. The lowest BCUT2D eigenvalue weighted by molar-refractivity contribution is -0.143. The highest BCUT2D eigenvalue weighted by Gasteiger charge is 2.25. The van der Waals surface area contributed by atoms with Crippen LogP contribution in [0.25, 0.3) is 0 Å². The lowest BCUT2D eigenvalue weighted by Crippen LogP contribution is -2.21. The number of esters is 1. The summed E-state index contributed by atoms with van der Waals surface area (Å²) in [4.78, 5) is 25.6. The monoisotopic (exact) mass is 402 g/mol. The number of benzene rings is 3. The molecule has 1 heterocycles. The minimum atomic E-state index is -0.594. The third kappa shape index (κ3) is 4.51. The number of hydrogen-bond acceptors (Lipinski definition) is 5. The SMILES string of the molecule is O=C(COC(=O)C(c1ccccc1)c1ccccc1)c1ccc2c(c1)OCCCO2. The average Bonchev–Trinajstić information content (AvgIpc) is 3.04. The van der Waals surface area contributed by atoms with Crippen LogP contribution in [0.3, 0.4) is 0 Å². The summed E-state index contributed by atoms with van der Waals surface area (Å²) in [6.45, 7) is 0.780. The molecule has 0 aromatic heterocycles. The molecular weight excluding hydrogens is 380 g/mol. The van der Waals surface area contributed by atoms with Crippen LogP contribution in [0.1, 0.15) is 33.8 Å². The van der Waals surface area contributed by atoms with Crippen LogP contribution in [0.2, 0.25) is 0 Å². The molecular formula is C25H22O5. The molecule has 0 saturated carbocycles. The zero-order valence-electron chi connectivity index (χ0n) is 16.5. The Balaban J connectivity index is 1.48. The van der Waals surface area contributed by atoms with Gasteiger partial charge in [-0.1, -0.05) is 60.7 Å². The van der Waals surface area contributed by atoms with Gasteiger partial charge < -0.3 is 14.2 Å². The van der Waals surface area contributed by atoms with Gasteiger partial charge in [-0.2, -0.15) is 0 Å². The molecule has 5 heteroatoms.